The molecule has 34 heavy (non-hydrogen) atoms. The van der Waals surface area contributed by atoms with Gasteiger partial charge in [0.05, 0.1) is 5.92 Å². The molecular formula is C28H53NO2S3. The lowest BCUT2D eigenvalue weighted by atomic mass is 9.63. The smallest absolute Gasteiger partial charge is 0.226 e. The molecular weight excluding hydrogens is 479 g/mol. The van der Waals surface area contributed by atoms with Gasteiger partial charge < -0.3 is 9.69 Å². The summed E-state index contributed by atoms with van der Waals surface area (Å²) >= 11 is 9.14. The molecule has 0 N–H and O–H groups in total. The Bertz CT molecular complexity index is 615. The van der Waals surface area contributed by atoms with Gasteiger partial charge in [0.15, 0.2) is 0 Å². The average molecular weight is 532 g/mol. The summed E-state index contributed by atoms with van der Waals surface area (Å²) in [6.45, 7) is 14.6. The van der Waals surface area contributed by atoms with Gasteiger partial charge in [0.2, 0.25) is 5.91 Å². The largest absolute Gasteiger partial charge is 0.349 e. The minimum absolute atomic E-state index is 0.106. The molecule has 1 atom stereocenters. The molecule has 0 aromatic rings. The number of carbonyl (C=O) groups excluding carboxylic acids is 2. The van der Waals surface area contributed by atoms with Crippen molar-refractivity contribution in [1.29, 1.82) is 0 Å². The molecule has 0 aliphatic heterocycles. The third-order valence-corrected chi connectivity index (χ3v) is 10.3. The van der Waals surface area contributed by atoms with Crippen LogP contribution in [0, 0.1) is 16.7 Å². The second-order valence-corrected chi connectivity index (χ2v) is 15.7. The van der Waals surface area contributed by atoms with Crippen molar-refractivity contribution in [3.05, 3.63) is 0 Å². The molecule has 3 nitrogen and oxygen atoms in total. The molecule has 0 heterocycles. The third-order valence-electron chi connectivity index (χ3n) is 7.40. The van der Waals surface area contributed by atoms with Crippen LogP contribution < -0.4 is 0 Å². The van der Waals surface area contributed by atoms with Crippen LogP contribution in [0.4, 0.5) is 0 Å². The number of amides is 1. The fraction of sp³-hybridized carbons (Fsp3) is 0.893. The summed E-state index contributed by atoms with van der Waals surface area (Å²) in [6, 6.07) is 0. The molecule has 0 fully saturated rings. The Morgan fingerprint density at radius 2 is 1.35 bits per heavy atom. The Hall–Kier alpha value is -0.0700. The number of thiocarbonyl (C=S) groups is 1. The van der Waals surface area contributed by atoms with Crippen LogP contribution in [0.15, 0.2) is 0 Å². The highest BCUT2D eigenvalue weighted by Gasteiger charge is 2.46. The summed E-state index contributed by atoms with van der Waals surface area (Å²) in [5.74, 6) is 0.932. The van der Waals surface area contributed by atoms with Gasteiger partial charge in [-0.15, -0.1) is 23.5 Å². The Kier molecular flexibility index (Phi) is 16.6. The van der Waals surface area contributed by atoms with E-state index in [4.69, 9.17) is 12.2 Å². The van der Waals surface area contributed by atoms with Crippen LogP contribution in [-0.4, -0.2) is 45.2 Å². The molecule has 1 unspecified atom stereocenters. The molecule has 0 aliphatic carbocycles. The summed E-state index contributed by atoms with van der Waals surface area (Å²) in [5, 5.41) is 0. The standard InChI is InChI=1S/C28H53NO2S3/c1-10-11-12-13-14-15-16-17-18-19-20-33-25(32)34-28(6,7)23(24(31)29(8)9)21-26(2,3)27(4,5)22-30/h22-23H,10-21H2,1-9H3. The van der Waals surface area contributed by atoms with E-state index >= 15 is 0 Å². The van der Waals surface area contributed by atoms with E-state index in [1.807, 2.05) is 27.9 Å². The Balaban J connectivity index is 4.67. The van der Waals surface area contributed by atoms with Gasteiger partial charge in [-0.25, -0.2) is 0 Å². The Morgan fingerprint density at radius 1 is 0.882 bits per heavy atom. The summed E-state index contributed by atoms with van der Waals surface area (Å²) < 4.78 is 0.573. The van der Waals surface area contributed by atoms with Crippen molar-refractivity contribution in [2.75, 3.05) is 19.8 Å². The predicted octanol–water partition coefficient (Wildman–Crippen LogP) is 8.78. The number of carbonyl (C=O) groups is 2. The summed E-state index contributed by atoms with van der Waals surface area (Å²) in [6.07, 6.45) is 15.1. The molecule has 1 amide bonds. The van der Waals surface area contributed by atoms with Crippen LogP contribution in [-0.2, 0) is 9.59 Å². The van der Waals surface area contributed by atoms with E-state index in [1.165, 1.54) is 64.2 Å². The van der Waals surface area contributed by atoms with Crippen LogP contribution in [0.25, 0.3) is 0 Å². The number of hydrogen-bond donors (Lipinski definition) is 0. The lowest BCUT2D eigenvalue weighted by Crippen LogP contribution is -2.46. The normalized spacial score (nSPS) is 13.6. The number of thioether (sulfide) groups is 2. The topological polar surface area (TPSA) is 37.4 Å². The first kappa shape index (κ1) is 33.9. The second kappa shape index (κ2) is 16.6. The molecule has 200 valence electrons. The zero-order valence-electron chi connectivity index (χ0n) is 23.6. The maximum atomic E-state index is 13.2. The minimum atomic E-state index is -0.511. The maximum absolute atomic E-state index is 13.2. The van der Waals surface area contributed by atoms with Gasteiger partial charge in [0, 0.05) is 24.3 Å². The van der Waals surface area contributed by atoms with Crippen molar-refractivity contribution in [3.63, 3.8) is 0 Å². The number of nitrogens with zero attached hydrogens (tertiary/aromatic N) is 1. The first-order chi connectivity index (χ1) is 15.7. The minimum Gasteiger partial charge on any atom is -0.349 e. The maximum Gasteiger partial charge on any atom is 0.226 e. The molecule has 0 saturated heterocycles. The number of aldehydes is 1. The lowest BCUT2D eigenvalue weighted by Gasteiger charge is -2.44. The first-order valence-corrected chi connectivity index (χ1v) is 15.5. The van der Waals surface area contributed by atoms with Crippen molar-refractivity contribution < 1.29 is 9.59 Å². The predicted molar refractivity (Wildman–Crippen MR) is 159 cm³/mol. The van der Waals surface area contributed by atoms with Crippen molar-refractivity contribution in [3.8, 4) is 0 Å². The highest BCUT2D eigenvalue weighted by molar-refractivity contribution is 8.47. The van der Waals surface area contributed by atoms with E-state index in [2.05, 4.69) is 34.6 Å². The SMILES string of the molecule is CCCCCCCCCCCCSC(=S)SC(C)(C)C(CC(C)(C)C(C)(C)C=O)C(=O)N(C)C. The van der Waals surface area contributed by atoms with E-state index in [9.17, 15) is 9.59 Å². The third kappa shape index (κ3) is 12.8. The zero-order valence-corrected chi connectivity index (χ0v) is 26.1. The molecule has 0 spiro atoms. The van der Waals surface area contributed by atoms with Crippen LogP contribution in [0.3, 0.4) is 0 Å². The highest BCUT2D eigenvalue weighted by atomic mass is 32.2. The molecule has 0 aliphatic rings. The zero-order chi connectivity index (χ0) is 26.4. The monoisotopic (exact) mass is 531 g/mol. The molecule has 0 rings (SSSR count). The van der Waals surface area contributed by atoms with Crippen LogP contribution in [0.5, 0.6) is 0 Å². The molecule has 0 saturated carbocycles. The van der Waals surface area contributed by atoms with E-state index in [-0.39, 0.29) is 22.0 Å². The van der Waals surface area contributed by atoms with Gasteiger partial charge in [-0.05, 0) is 37.9 Å². The van der Waals surface area contributed by atoms with Crippen molar-refractivity contribution >= 4 is 51.5 Å². The quantitative estimate of drug-likeness (QED) is 0.100. The summed E-state index contributed by atoms with van der Waals surface area (Å²) in [5.41, 5.74) is -0.822. The van der Waals surface area contributed by atoms with Gasteiger partial charge in [0.1, 0.15) is 9.81 Å². The average Bonchev–Trinajstić information content (AvgIpc) is 2.74. The van der Waals surface area contributed by atoms with E-state index in [0.717, 1.165) is 15.6 Å². The molecule has 6 heteroatoms. The van der Waals surface area contributed by atoms with E-state index in [0.29, 0.717) is 6.42 Å². The van der Waals surface area contributed by atoms with Gasteiger partial charge in [-0.2, -0.15) is 0 Å². The van der Waals surface area contributed by atoms with E-state index < -0.39 is 5.41 Å². The van der Waals surface area contributed by atoms with Crippen molar-refractivity contribution in [2.45, 2.75) is 124 Å². The van der Waals surface area contributed by atoms with Crippen molar-refractivity contribution in [2.24, 2.45) is 16.7 Å². The number of hydrogen-bond acceptors (Lipinski definition) is 5. The molecule has 0 radical (unpaired) electrons. The molecule has 0 aromatic carbocycles. The summed E-state index contributed by atoms with van der Waals surface area (Å²) in [4.78, 5) is 26.6. The number of unbranched alkanes of at least 4 members (excludes halogenated alkanes) is 9. The first-order valence-electron chi connectivity index (χ1n) is 13.2. The number of rotatable bonds is 18. The fourth-order valence-electron chi connectivity index (χ4n) is 3.94. The summed E-state index contributed by atoms with van der Waals surface area (Å²) in [7, 11) is 3.62. The highest BCUT2D eigenvalue weighted by Crippen LogP contribution is 2.48. The Morgan fingerprint density at radius 3 is 1.79 bits per heavy atom. The van der Waals surface area contributed by atoms with E-state index in [1.54, 1.807) is 28.4 Å². The fourth-order valence-corrected chi connectivity index (χ4v) is 7.23. The van der Waals surface area contributed by atoms with Gasteiger partial charge in [-0.1, -0.05) is 105 Å². The molecule has 0 aromatic heterocycles. The van der Waals surface area contributed by atoms with Gasteiger partial charge in [0.25, 0.3) is 0 Å². The van der Waals surface area contributed by atoms with Crippen LogP contribution >= 0.6 is 35.7 Å². The lowest BCUT2D eigenvalue weighted by molar-refractivity contribution is -0.137. The van der Waals surface area contributed by atoms with Crippen LogP contribution in [0.2, 0.25) is 0 Å². The van der Waals surface area contributed by atoms with Gasteiger partial charge in [-0.3, -0.25) is 4.79 Å². The van der Waals surface area contributed by atoms with Crippen LogP contribution in [0.1, 0.15) is 119 Å². The Labute approximate surface area is 225 Å². The second-order valence-electron chi connectivity index (χ2n) is 11.7. The molecule has 0 bridgehead atoms. The van der Waals surface area contributed by atoms with Crippen molar-refractivity contribution in [1.82, 2.24) is 4.90 Å². The van der Waals surface area contributed by atoms with Gasteiger partial charge >= 0.3 is 0 Å².